The van der Waals surface area contributed by atoms with E-state index >= 15 is 0 Å². The van der Waals surface area contributed by atoms with E-state index in [0.717, 1.165) is 13.0 Å². The van der Waals surface area contributed by atoms with E-state index in [1.807, 2.05) is 0 Å². The first-order valence-electron chi connectivity index (χ1n) is 4.57. The fraction of sp³-hybridized carbons (Fsp3) is 1.00. The van der Waals surface area contributed by atoms with Crippen molar-refractivity contribution in [3.8, 4) is 0 Å². The Morgan fingerprint density at radius 2 is 1.73 bits per heavy atom. The van der Waals surface area contributed by atoms with Crippen LogP contribution in [-0.2, 0) is 0 Å². The molecule has 2 rings (SSSR count). The number of nitrogens with zero attached hydrogens (tertiary/aromatic N) is 2. The minimum Gasteiger partial charge on any atom is -0.312 e. The molecule has 2 aliphatic heterocycles. The normalized spacial score (nSPS) is 35.2. The molecule has 0 bridgehead atoms. The van der Waals surface area contributed by atoms with E-state index in [1.54, 1.807) is 0 Å². The topological polar surface area (TPSA) is 26.7 Å². The molecule has 0 amide bonds. The minimum absolute atomic E-state index is 0.357. The maximum Gasteiger partial charge on any atom is 0.0878 e. The van der Waals surface area contributed by atoms with Crippen LogP contribution in [0.15, 0.2) is 0 Å². The van der Waals surface area contributed by atoms with E-state index in [-0.39, 0.29) is 0 Å². The van der Waals surface area contributed by atoms with Gasteiger partial charge >= 0.3 is 0 Å². The molecule has 2 fully saturated rings. The Kier molecular flexibility index (Phi) is 2.11. The van der Waals surface area contributed by atoms with Crippen LogP contribution in [0.2, 0.25) is 0 Å². The molecule has 1 unspecified atom stereocenters. The molecule has 64 valence electrons. The van der Waals surface area contributed by atoms with E-state index in [2.05, 4.69) is 4.90 Å². The molecule has 0 saturated carbocycles. The average Bonchev–Trinajstić information content (AvgIpc) is 2.04. The molecule has 0 spiro atoms. The van der Waals surface area contributed by atoms with E-state index in [1.165, 1.54) is 37.4 Å². The summed E-state index contributed by atoms with van der Waals surface area (Å²) >= 11 is 0. The fourth-order valence-electron chi connectivity index (χ4n) is 1.95. The van der Waals surface area contributed by atoms with Crippen LogP contribution in [0, 0.1) is 0 Å². The number of rotatable bonds is 1. The van der Waals surface area contributed by atoms with Gasteiger partial charge in [0.1, 0.15) is 0 Å². The molecular formula is C8H16N2O. The summed E-state index contributed by atoms with van der Waals surface area (Å²) < 4.78 is 0. The average molecular weight is 156 g/mol. The highest BCUT2D eigenvalue weighted by Crippen LogP contribution is 2.22. The first-order valence-corrected chi connectivity index (χ1v) is 4.57. The highest BCUT2D eigenvalue weighted by molar-refractivity contribution is 4.79. The summed E-state index contributed by atoms with van der Waals surface area (Å²) in [6.45, 7) is 3.23. The molecular weight excluding hydrogens is 140 g/mol. The van der Waals surface area contributed by atoms with Crippen LogP contribution in [0.1, 0.15) is 25.7 Å². The largest absolute Gasteiger partial charge is 0.312 e. The first kappa shape index (κ1) is 7.53. The summed E-state index contributed by atoms with van der Waals surface area (Å²) in [4.78, 5) is 2.40. The third-order valence-electron chi connectivity index (χ3n) is 2.77. The van der Waals surface area contributed by atoms with Crippen molar-refractivity contribution in [2.45, 2.75) is 31.8 Å². The monoisotopic (exact) mass is 156 g/mol. The van der Waals surface area contributed by atoms with Gasteiger partial charge in [0.05, 0.1) is 6.17 Å². The van der Waals surface area contributed by atoms with Gasteiger partial charge < -0.3 is 5.21 Å². The SMILES string of the molecule is ON1CCC1N1CCCCC1. The summed E-state index contributed by atoms with van der Waals surface area (Å²) in [7, 11) is 0. The van der Waals surface area contributed by atoms with Gasteiger partial charge in [0, 0.05) is 6.54 Å². The van der Waals surface area contributed by atoms with E-state index < -0.39 is 0 Å². The second-order valence-electron chi connectivity index (χ2n) is 3.53. The molecule has 0 radical (unpaired) electrons. The maximum absolute atomic E-state index is 9.25. The number of likely N-dealkylation sites (tertiary alicyclic amines) is 1. The van der Waals surface area contributed by atoms with Gasteiger partial charge in [0.25, 0.3) is 0 Å². The lowest BCUT2D eigenvalue weighted by Gasteiger charge is -2.44. The lowest BCUT2D eigenvalue weighted by Crippen LogP contribution is -2.57. The van der Waals surface area contributed by atoms with E-state index in [4.69, 9.17) is 0 Å². The van der Waals surface area contributed by atoms with Crippen LogP contribution >= 0.6 is 0 Å². The predicted molar refractivity (Wildman–Crippen MR) is 42.3 cm³/mol. The smallest absolute Gasteiger partial charge is 0.0878 e. The van der Waals surface area contributed by atoms with Crippen molar-refractivity contribution in [3.63, 3.8) is 0 Å². The van der Waals surface area contributed by atoms with Crippen molar-refractivity contribution < 1.29 is 5.21 Å². The Morgan fingerprint density at radius 1 is 1.00 bits per heavy atom. The third-order valence-corrected chi connectivity index (χ3v) is 2.77. The summed E-state index contributed by atoms with van der Waals surface area (Å²) in [6.07, 6.45) is 5.50. The number of piperidine rings is 1. The molecule has 2 saturated heterocycles. The molecule has 3 nitrogen and oxygen atoms in total. The van der Waals surface area contributed by atoms with E-state index in [9.17, 15) is 5.21 Å². The zero-order chi connectivity index (χ0) is 7.68. The van der Waals surface area contributed by atoms with Crippen LogP contribution in [-0.4, -0.2) is 41.0 Å². The Morgan fingerprint density at radius 3 is 2.18 bits per heavy atom. The lowest BCUT2D eigenvalue weighted by molar-refractivity contribution is -0.230. The summed E-state index contributed by atoms with van der Waals surface area (Å²) in [6, 6.07) is 0. The zero-order valence-corrected chi connectivity index (χ0v) is 6.87. The second-order valence-corrected chi connectivity index (χ2v) is 3.53. The second kappa shape index (κ2) is 3.09. The molecule has 2 aliphatic rings. The summed E-state index contributed by atoms with van der Waals surface area (Å²) in [5, 5.41) is 10.7. The van der Waals surface area contributed by atoms with Crippen LogP contribution in [0.25, 0.3) is 0 Å². The molecule has 2 heterocycles. The molecule has 1 N–H and O–H groups in total. The van der Waals surface area contributed by atoms with Crippen molar-refractivity contribution >= 4 is 0 Å². The van der Waals surface area contributed by atoms with Crippen LogP contribution < -0.4 is 0 Å². The molecule has 0 aliphatic carbocycles. The van der Waals surface area contributed by atoms with Crippen molar-refractivity contribution in [1.29, 1.82) is 0 Å². The standard InChI is InChI=1S/C8H16N2O/c11-10-7-4-8(10)9-5-2-1-3-6-9/h8,11H,1-7H2. The van der Waals surface area contributed by atoms with Gasteiger partial charge in [-0.15, -0.1) is 0 Å². The summed E-state index contributed by atoms with van der Waals surface area (Å²) in [5.41, 5.74) is 0. The molecule has 0 aromatic heterocycles. The quantitative estimate of drug-likeness (QED) is 0.611. The Balaban J connectivity index is 1.83. The van der Waals surface area contributed by atoms with Crippen LogP contribution in [0.5, 0.6) is 0 Å². The summed E-state index contributed by atoms with van der Waals surface area (Å²) in [5.74, 6) is 0. The van der Waals surface area contributed by atoms with Gasteiger partial charge in [-0.05, 0) is 32.4 Å². The molecule has 1 atom stereocenters. The van der Waals surface area contributed by atoms with Crippen molar-refractivity contribution in [1.82, 2.24) is 9.96 Å². The maximum atomic E-state index is 9.25. The van der Waals surface area contributed by atoms with Crippen LogP contribution in [0.4, 0.5) is 0 Å². The number of hydroxylamine groups is 2. The van der Waals surface area contributed by atoms with Gasteiger partial charge in [0.2, 0.25) is 0 Å². The van der Waals surface area contributed by atoms with Gasteiger partial charge in [-0.25, -0.2) is 0 Å². The van der Waals surface area contributed by atoms with Crippen LogP contribution in [0.3, 0.4) is 0 Å². The van der Waals surface area contributed by atoms with Gasteiger partial charge in [-0.1, -0.05) is 6.42 Å². The molecule has 0 aromatic carbocycles. The first-order chi connectivity index (χ1) is 5.38. The highest BCUT2D eigenvalue weighted by Gasteiger charge is 2.32. The third kappa shape index (κ3) is 1.41. The van der Waals surface area contributed by atoms with Crippen molar-refractivity contribution in [3.05, 3.63) is 0 Å². The minimum atomic E-state index is 0.357. The fourth-order valence-corrected chi connectivity index (χ4v) is 1.95. The molecule has 3 heteroatoms. The Hall–Kier alpha value is -0.120. The van der Waals surface area contributed by atoms with Crippen molar-refractivity contribution in [2.24, 2.45) is 0 Å². The van der Waals surface area contributed by atoms with Gasteiger partial charge in [-0.3, -0.25) is 4.90 Å². The van der Waals surface area contributed by atoms with Gasteiger partial charge in [0.15, 0.2) is 0 Å². The number of hydrogen-bond donors (Lipinski definition) is 1. The molecule has 11 heavy (non-hydrogen) atoms. The lowest BCUT2D eigenvalue weighted by atomic mass is 10.1. The van der Waals surface area contributed by atoms with Gasteiger partial charge in [-0.2, -0.15) is 5.06 Å². The number of hydrogen-bond acceptors (Lipinski definition) is 3. The Bertz CT molecular complexity index is 134. The highest BCUT2D eigenvalue weighted by atomic mass is 16.5. The van der Waals surface area contributed by atoms with Crippen molar-refractivity contribution in [2.75, 3.05) is 19.6 Å². The zero-order valence-electron chi connectivity index (χ0n) is 6.87. The Labute approximate surface area is 67.6 Å². The van der Waals surface area contributed by atoms with E-state index in [0.29, 0.717) is 6.17 Å². The molecule has 0 aromatic rings. The predicted octanol–water partition coefficient (Wildman–Crippen LogP) is 0.893.